The molecular formula is C13H10FNO2. The van der Waals surface area contributed by atoms with Crippen LogP contribution in [-0.4, -0.2) is 11.8 Å². The van der Waals surface area contributed by atoms with E-state index in [0.29, 0.717) is 11.0 Å². The SMILES string of the molecule is C#CCC(N)C(=O)c1cc2cc(F)ccc2o1. The molecule has 1 aromatic carbocycles. The first kappa shape index (κ1) is 11.4. The monoisotopic (exact) mass is 231 g/mol. The van der Waals surface area contributed by atoms with Crippen molar-refractivity contribution in [2.24, 2.45) is 5.73 Å². The number of terminal acetylenes is 1. The highest BCUT2D eigenvalue weighted by molar-refractivity contribution is 6.00. The molecule has 1 unspecified atom stereocenters. The molecule has 0 radical (unpaired) electrons. The fourth-order valence-electron chi connectivity index (χ4n) is 1.54. The molecule has 2 rings (SSSR count). The Kier molecular flexibility index (Phi) is 2.94. The lowest BCUT2D eigenvalue weighted by Gasteiger charge is -2.02. The highest BCUT2D eigenvalue weighted by Crippen LogP contribution is 2.21. The number of halogens is 1. The van der Waals surface area contributed by atoms with Gasteiger partial charge in [-0.3, -0.25) is 4.79 Å². The summed E-state index contributed by atoms with van der Waals surface area (Å²) in [7, 11) is 0. The molecule has 0 spiro atoms. The van der Waals surface area contributed by atoms with E-state index in [-0.39, 0.29) is 23.8 Å². The fourth-order valence-corrected chi connectivity index (χ4v) is 1.54. The lowest BCUT2D eigenvalue weighted by atomic mass is 10.1. The lowest BCUT2D eigenvalue weighted by molar-refractivity contribution is 0.0937. The first-order valence-corrected chi connectivity index (χ1v) is 5.04. The van der Waals surface area contributed by atoms with Gasteiger partial charge in [0, 0.05) is 11.8 Å². The predicted molar refractivity (Wildman–Crippen MR) is 61.9 cm³/mol. The Balaban J connectivity index is 2.37. The van der Waals surface area contributed by atoms with Gasteiger partial charge in [-0.25, -0.2) is 4.39 Å². The quantitative estimate of drug-likeness (QED) is 0.650. The number of nitrogens with two attached hydrogens (primary N) is 1. The predicted octanol–water partition coefficient (Wildman–Crippen LogP) is 2.11. The van der Waals surface area contributed by atoms with Crippen molar-refractivity contribution in [2.75, 3.05) is 0 Å². The van der Waals surface area contributed by atoms with E-state index in [1.165, 1.54) is 24.3 Å². The summed E-state index contributed by atoms with van der Waals surface area (Å²) in [6, 6.07) is 4.71. The molecule has 17 heavy (non-hydrogen) atoms. The zero-order valence-electron chi connectivity index (χ0n) is 8.94. The molecule has 0 amide bonds. The first-order valence-electron chi connectivity index (χ1n) is 5.04. The minimum Gasteiger partial charge on any atom is -0.453 e. The van der Waals surface area contributed by atoms with Gasteiger partial charge in [0.05, 0.1) is 6.04 Å². The average molecular weight is 231 g/mol. The van der Waals surface area contributed by atoms with Crippen LogP contribution >= 0.6 is 0 Å². The van der Waals surface area contributed by atoms with Gasteiger partial charge in [-0.15, -0.1) is 12.3 Å². The topological polar surface area (TPSA) is 56.2 Å². The Morgan fingerprint density at radius 2 is 2.29 bits per heavy atom. The van der Waals surface area contributed by atoms with Crippen molar-refractivity contribution in [1.82, 2.24) is 0 Å². The Bertz CT molecular complexity index is 609. The van der Waals surface area contributed by atoms with E-state index in [0.717, 1.165) is 0 Å². The van der Waals surface area contributed by atoms with Gasteiger partial charge in [0.2, 0.25) is 5.78 Å². The van der Waals surface area contributed by atoms with Gasteiger partial charge in [-0.2, -0.15) is 0 Å². The Morgan fingerprint density at radius 1 is 1.53 bits per heavy atom. The highest BCUT2D eigenvalue weighted by atomic mass is 19.1. The number of fused-ring (bicyclic) bond motifs is 1. The first-order chi connectivity index (χ1) is 8.11. The molecule has 1 heterocycles. The highest BCUT2D eigenvalue weighted by Gasteiger charge is 2.19. The molecule has 2 N–H and O–H groups in total. The zero-order chi connectivity index (χ0) is 12.4. The van der Waals surface area contributed by atoms with Crippen molar-refractivity contribution < 1.29 is 13.6 Å². The van der Waals surface area contributed by atoms with Crippen LogP contribution in [0.25, 0.3) is 11.0 Å². The van der Waals surface area contributed by atoms with E-state index < -0.39 is 6.04 Å². The van der Waals surface area contributed by atoms with Gasteiger partial charge in [0.1, 0.15) is 11.4 Å². The maximum Gasteiger partial charge on any atom is 0.215 e. The number of carbonyl (C=O) groups is 1. The summed E-state index contributed by atoms with van der Waals surface area (Å²) in [5, 5.41) is 0.529. The molecule has 4 heteroatoms. The number of ketones is 1. The van der Waals surface area contributed by atoms with E-state index in [1.807, 2.05) is 0 Å². The smallest absolute Gasteiger partial charge is 0.215 e. The van der Waals surface area contributed by atoms with Crippen LogP contribution < -0.4 is 5.73 Å². The van der Waals surface area contributed by atoms with Crippen LogP contribution in [0.4, 0.5) is 4.39 Å². The number of benzene rings is 1. The summed E-state index contributed by atoms with van der Waals surface area (Å²) in [6.07, 6.45) is 5.22. The number of hydrogen-bond donors (Lipinski definition) is 1. The van der Waals surface area contributed by atoms with Gasteiger partial charge in [-0.1, -0.05) is 0 Å². The van der Waals surface area contributed by atoms with Crippen LogP contribution in [0.5, 0.6) is 0 Å². The second-order valence-electron chi connectivity index (χ2n) is 3.67. The molecule has 2 aromatic rings. The molecule has 0 fully saturated rings. The van der Waals surface area contributed by atoms with Gasteiger partial charge >= 0.3 is 0 Å². The molecule has 1 aromatic heterocycles. The normalized spacial score (nSPS) is 12.3. The van der Waals surface area contributed by atoms with Crippen molar-refractivity contribution >= 4 is 16.8 Å². The Morgan fingerprint density at radius 3 is 3.00 bits per heavy atom. The summed E-state index contributed by atoms with van der Waals surface area (Å²) >= 11 is 0. The van der Waals surface area contributed by atoms with Crippen LogP contribution in [0.3, 0.4) is 0 Å². The van der Waals surface area contributed by atoms with E-state index in [1.54, 1.807) is 0 Å². The van der Waals surface area contributed by atoms with Crippen LogP contribution in [0.2, 0.25) is 0 Å². The van der Waals surface area contributed by atoms with Crippen molar-refractivity contribution in [2.45, 2.75) is 12.5 Å². The standard InChI is InChI=1S/C13H10FNO2/c1-2-3-10(15)13(16)12-7-8-6-9(14)4-5-11(8)17-12/h1,4-7,10H,3,15H2. The number of Topliss-reactive ketones (excluding diaryl/α,β-unsaturated/α-hetero) is 1. The maximum absolute atomic E-state index is 12.9. The van der Waals surface area contributed by atoms with Crippen LogP contribution in [0, 0.1) is 18.2 Å². The third-order valence-corrected chi connectivity index (χ3v) is 2.40. The van der Waals surface area contributed by atoms with E-state index in [2.05, 4.69) is 5.92 Å². The molecule has 0 aliphatic rings. The van der Waals surface area contributed by atoms with Gasteiger partial charge in [-0.05, 0) is 24.3 Å². The van der Waals surface area contributed by atoms with Crippen molar-refractivity contribution in [3.05, 3.63) is 35.8 Å². The van der Waals surface area contributed by atoms with E-state index in [9.17, 15) is 9.18 Å². The van der Waals surface area contributed by atoms with Crippen LogP contribution in [0.1, 0.15) is 17.0 Å². The third-order valence-electron chi connectivity index (χ3n) is 2.40. The Hall–Kier alpha value is -2.12. The molecule has 86 valence electrons. The third kappa shape index (κ3) is 2.19. The summed E-state index contributed by atoms with van der Waals surface area (Å²) in [5.74, 6) is 1.66. The lowest BCUT2D eigenvalue weighted by Crippen LogP contribution is -2.29. The molecule has 0 aliphatic heterocycles. The fraction of sp³-hybridized carbons (Fsp3) is 0.154. The molecular weight excluding hydrogens is 221 g/mol. The average Bonchev–Trinajstić information content (AvgIpc) is 2.71. The number of carbonyl (C=O) groups excluding carboxylic acids is 1. The number of hydrogen-bond acceptors (Lipinski definition) is 3. The minimum absolute atomic E-state index is 0.105. The number of rotatable bonds is 3. The summed E-state index contributed by atoms with van der Waals surface area (Å²) < 4.78 is 18.2. The second-order valence-corrected chi connectivity index (χ2v) is 3.67. The molecule has 0 saturated heterocycles. The molecule has 0 bridgehead atoms. The summed E-state index contributed by atoms with van der Waals surface area (Å²) in [5.41, 5.74) is 6.03. The second kappa shape index (κ2) is 4.40. The van der Waals surface area contributed by atoms with Gasteiger partial charge in [0.25, 0.3) is 0 Å². The summed E-state index contributed by atoms with van der Waals surface area (Å²) in [4.78, 5) is 11.8. The van der Waals surface area contributed by atoms with E-state index >= 15 is 0 Å². The summed E-state index contributed by atoms with van der Waals surface area (Å²) in [6.45, 7) is 0. The zero-order valence-corrected chi connectivity index (χ0v) is 8.94. The van der Waals surface area contributed by atoms with Gasteiger partial charge < -0.3 is 10.2 Å². The molecule has 1 atom stereocenters. The van der Waals surface area contributed by atoms with Crippen molar-refractivity contribution in [1.29, 1.82) is 0 Å². The van der Waals surface area contributed by atoms with Crippen molar-refractivity contribution in [3.8, 4) is 12.3 Å². The van der Waals surface area contributed by atoms with E-state index in [4.69, 9.17) is 16.6 Å². The van der Waals surface area contributed by atoms with Crippen LogP contribution in [0.15, 0.2) is 28.7 Å². The number of furan rings is 1. The van der Waals surface area contributed by atoms with Crippen molar-refractivity contribution in [3.63, 3.8) is 0 Å². The Labute approximate surface area is 97.4 Å². The molecule has 3 nitrogen and oxygen atoms in total. The van der Waals surface area contributed by atoms with Crippen LogP contribution in [-0.2, 0) is 0 Å². The maximum atomic E-state index is 12.9. The molecule has 0 aliphatic carbocycles. The molecule has 0 saturated carbocycles. The largest absolute Gasteiger partial charge is 0.453 e. The minimum atomic E-state index is -0.787. The van der Waals surface area contributed by atoms with Gasteiger partial charge in [0.15, 0.2) is 5.76 Å².